The van der Waals surface area contributed by atoms with Crippen LogP contribution in [0.5, 0.6) is 0 Å². The van der Waals surface area contributed by atoms with Gasteiger partial charge in [-0.05, 0) is 32.9 Å². The van der Waals surface area contributed by atoms with Crippen LogP contribution in [0.4, 0.5) is 11.4 Å². The summed E-state index contributed by atoms with van der Waals surface area (Å²) >= 11 is 0. The molecular formula is C19H21N3O3. The maximum atomic E-state index is 12.4. The third kappa shape index (κ3) is 4.67. The second kappa shape index (κ2) is 8.63. The predicted molar refractivity (Wildman–Crippen MR) is 98.6 cm³/mol. The summed E-state index contributed by atoms with van der Waals surface area (Å²) in [4.78, 5) is 29.0. The monoisotopic (exact) mass is 339 g/mol. The first kappa shape index (κ1) is 18.2. The molecule has 1 amide bonds. The number of carbonyl (C=O) groups is 2. The number of carbonyl (C=O) groups excluding carboxylic acids is 2. The molecule has 1 aromatic carbocycles. The summed E-state index contributed by atoms with van der Waals surface area (Å²) in [6.07, 6.45) is 6.52. The number of hydrogen-bond acceptors (Lipinski definition) is 5. The fourth-order valence-electron chi connectivity index (χ4n) is 2.25. The molecule has 0 unspecified atom stereocenters. The molecule has 2 N–H and O–H groups in total. The molecule has 0 fully saturated rings. The Bertz CT molecular complexity index is 789. The first-order valence-electron chi connectivity index (χ1n) is 8.00. The second-order valence-electron chi connectivity index (χ2n) is 5.20. The first-order valence-corrected chi connectivity index (χ1v) is 8.00. The molecule has 25 heavy (non-hydrogen) atoms. The first-order chi connectivity index (χ1) is 12.1. The average molecular weight is 339 g/mol. The topological polar surface area (TPSA) is 79.8 Å². The number of hydrogen-bond donors (Lipinski definition) is 2. The molecule has 0 aromatic heterocycles. The number of allylic oxidation sites excluding steroid dienone is 4. The van der Waals surface area contributed by atoms with E-state index in [0.717, 1.165) is 5.69 Å². The average Bonchev–Trinajstić information content (AvgIpc) is 2.70. The molecule has 1 aliphatic heterocycles. The number of benzene rings is 1. The van der Waals surface area contributed by atoms with Crippen molar-refractivity contribution in [1.82, 2.24) is 5.32 Å². The molecule has 0 bridgehead atoms. The maximum absolute atomic E-state index is 12.4. The van der Waals surface area contributed by atoms with Crippen LogP contribution < -0.4 is 10.6 Å². The van der Waals surface area contributed by atoms with E-state index in [2.05, 4.69) is 15.6 Å². The highest BCUT2D eigenvalue weighted by molar-refractivity contribution is 6.25. The highest BCUT2D eigenvalue weighted by Gasteiger charge is 2.25. The fraction of sp³-hybridized carbons (Fsp3) is 0.211. The number of amides is 1. The van der Waals surface area contributed by atoms with Crippen molar-refractivity contribution < 1.29 is 14.3 Å². The van der Waals surface area contributed by atoms with E-state index in [-0.39, 0.29) is 23.9 Å². The van der Waals surface area contributed by atoms with E-state index in [1.165, 1.54) is 6.08 Å². The van der Waals surface area contributed by atoms with Gasteiger partial charge < -0.3 is 15.4 Å². The lowest BCUT2D eigenvalue weighted by molar-refractivity contribution is -0.137. The van der Waals surface area contributed by atoms with Gasteiger partial charge in [0.2, 0.25) is 5.91 Å². The molecule has 0 atom stereocenters. The molecular weight excluding hydrogens is 318 g/mol. The highest BCUT2D eigenvalue weighted by Crippen LogP contribution is 2.30. The zero-order chi connectivity index (χ0) is 18.2. The highest BCUT2D eigenvalue weighted by atomic mass is 16.5. The van der Waals surface area contributed by atoms with Crippen LogP contribution in [0, 0.1) is 0 Å². The van der Waals surface area contributed by atoms with Gasteiger partial charge in [0, 0.05) is 11.8 Å². The van der Waals surface area contributed by atoms with Crippen LogP contribution in [-0.4, -0.2) is 24.3 Å². The van der Waals surface area contributed by atoms with Gasteiger partial charge in [-0.3, -0.25) is 4.79 Å². The van der Waals surface area contributed by atoms with E-state index in [1.807, 2.05) is 25.1 Å². The van der Waals surface area contributed by atoms with Gasteiger partial charge in [-0.25, -0.2) is 9.79 Å². The van der Waals surface area contributed by atoms with Crippen LogP contribution >= 0.6 is 0 Å². The number of anilines is 1. The van der Waals surface area contributed by atoms with E-state index in [9.17, 15) is 9.59 Å². The minimum atomic E-state index is -0.545. The van der Waals surface area contributed by atoms with E-state index >= 15 is 0 Å². The summed E-state index contributed by atoms with van der Waals surface area (Å²) in [6, 6.07) is 7.34. The maximum Gasteiger partial charge on any atom is 0.343 e. The number of nitrogens with one attached hydrogen (secondary N) is 2. The standard InChI is InChI=1S/C19H21N3O3/c1-4-6-7-12-16(23)22-18-17(19(24)25-5-2)13(3)20-14-10-8-9-11-15(14)21-18/h4,6-12,20H,5H2,1-3H3,(H,21,22,23). The number of fused-ring (bicyclic) bond motifs is 1. The predicted octanol–water partition coefficient (Wildman–Crippen LogP) is 3.23. The molecule has 1 heterocycles. The number of ether oxygens (including phenoxy) is 1. The molecule has 6 heteroatoms. The van der Waals surface area contributed by atoms with Gasteiger partial charge >= 0.3 is 5.97 Å². The van der Waals surface area contributed by atoms with Gasteiger partial charge in [0.1, 0.15) is 11.4 Å². The number of aliphatic imine (C=N–C) groups is 1. The number of rotatable bonds is 4. The number of para-hydroxylation sites is 2. The van der Waals surface area contributed by atoms with Gasteiger partial charge in [-0.15, -0.1) is 0 Å². The number of amidine groups is 1. The number of esters is 1. The second-order valence-corrected chi connectivity index (χ2v) is 5.20. The smallest absolute Gasteiger partial charge is 0.343 e. The van der Waals surface area contributed by atoms with Gasteiger partial charge in [0.05, 0.1) is 18.0 Å². The van der Waals surface area contributed by atoms with E-state index in [0.29, 0.717) is 11.4 Å². The molecule has 0 saturated heterocycles. The third-order valence-corrected chi connectivity index (χ3v) is 3.34. The van der Waals surface area contributed by atoms with Crippen molar-refractivity contribution >= 4 is 29.1 Å². The molecule has 0 radical (unpaired) electrons. The van der Waals surface area contributed by atoms with Gasteiger partial charge in [-0.2, -0.15) is 0 Å². The Labute approximate surface area is 147 Å². The van der Waals surface area contributed by atoms with Crippen molar-refractivity contribution in [2.45, 2.75) is 20.8 Å². The number of nitrogens with zero attached hydrogens (tertiary/aromatic N) is 1. The largest absolute Gasteiger partial charge is 0.462 e. The Morgan fingerprint density at radius 1 is 1.28 bits per heavy atom. The van der Waals surface area contributed by atoms with Crippen molar-refractivity contribution in [2.24, 2.45) is 4.99 Å². The lowest BCUT2D eigenvalue weighted by Crippen LogP contribution is -2.34. The minimum Gasteiger partial charge on any atom is -0.462 e. The van der Waals surface area contributed by atoms with Crippen LogP contribution in [0.1, 0.15) is 20.8 Å². The molecule has 6 nitrogen and oxygen atoms in total. The zero-order valence-electron chi connectivity index (χ0n) is 14.5. The Morgan fingerprint density at radius 2 is 2.04 bits per heavy atom. The normalized spacial score (nSPS) is 14.0. The summed E-state index contributed by atoms with van der Waals surface area (Å²) in [6.45, 7) is 5.55. The van der Waals surface area contributed by atoms with Gasteiger partial charge in [0.15, 0.2) is 0 Å². The van der Waals surface area contributed by atoms with Crippen molar-refractivity contribution in [3.05, 3.63) is 59.8 Å². The Hall–Kier alpha value is -3.15. The summed E-state index contributed by atoms with van der Waals surface area (Å²) < 4.78 is 5.12. The molecule has 130 valence electrons. The van der Waals surface area contributed by atoms with Crippen LogP contribution in [0.3, 0.4) is 0 Å². The Balaban J connectivity index is 2.44. The molecule has 0 aliphatic carbocycles. The van der Waals surface area contributed by atoms with Crippen molar-refractivity contribution in [2.75, 3.05) is 11.9 Å². The van der Waals surface area contributed by atoms with Crippen molar-refractivity contribution in [3.63, 3.8) is 0 Å². The van der Waals surface area contributed by atoms with Gasteiger partial charge in [0.25, 0.3) is 0 Å². The van der Waals surface area contributed by atoms with Crippen molar-refractivity contribution in [3.8, 4) is 0 Å². The molecule has 1 aromatic rings. The summed E-state index contributed by atoms with van der Waals surface area (Å²) in [5.41, 5.74) is 2.12. The molecule has 0 spiro atoms. The lowest BCUT2D eigenvalue weighted by atomic mass is 10.2. The fourth-order valence-corrected chi connectivity index (χ4v) is 2.25. The summed E-state index contributed by atoms with van der Waals surface area (Å²) in [5.74, 6) is -0.772. The van der Waals surface area contributed by atoms with E-state index in [1.54, 1.807) is 38.1 Å². The lowest BCUT2D eigenvalue weighted by Gasteiger charge is -2.12. The van der Waals surface area contributed by atoms with Crippen LogP contribution in [-0.2, 0) is 14.3 Å². The zero-order valence-corrected chi connectivity index (χ0v) is 14.5. The molecule has 2 rings (SSSR count). The van der Waals surface area contributed by atoms with Crippen molar-refractivity contribution in [1.29, 1.82) is 0 Å². The van der Waals surface area contributed by atoms with E-state index < -0.39 is 5.97 Å². The summed E-state index contributed by atoms with van der Waals surface area (Å²) in [5, 5.41) is 5.82. The van der Waals surface area contributed by atoms with Crippen LogP contribution in [0.25, 0.3) is 0 Å². The van der Waals surface area contributed by atoms with Gasteiger partial charge in [-0.1, -0.05) is 30.4 Å². The minimum absolute atomic E-state index is 0.156. The molecule has 1 aliphatic rings. The summed E-state index contributed by atoms with van der Waals surface area (Å²) in [7, 11) is 0. The van der Waals surface area contributed by atoms with E-state index in [4.69, 9.17) is 4.74 Å². The molecule has 0 saturated carbocycles. The van der Waals surface area contributed by atoms with Crippen LogP contribution in [0.2, 0.25) is 0 Å². The third-order valence-electron chi connectivity index (χ3n) is 3.34. The Kier molecular flexibility index (Phi) is 6.28. The Morgan fingerprint density at radius 3 is 2.76 bits per heavy atom. The SMILES string of the molecule is CC=CC=CC(=O)NC1=Nc2ccccc2NC(C)=C1C(=O)OCC. The quantitative estimate of drug-likeness (QED) is 0.501. The van der Waals surface area contributed by atoms with Crippen LogP contribution in [0.15, 0.2) is 64.8 Å².